The number of fused-ring (bicyclic) bond motifs is 1. The zero-order valence-electron chi connectivity index (χ0n) is 19.6. The fourth-order valence-electron chi connectivity index (χ4n) is 4.69. The molecular weight excluding hydrogens is 466 g/mol. The number of furan rings is 1. The third kappa shape index (κ3) is 3.94. The smallest absolute Gasteiger partial charge is 0.300 e. The molecule has 1 aliphatic rings. The van der Waals surface area contributed by atoms with Crippen LogP contribution in [0.1, 0.15) is 17.4 Å². The van der Waals surface area contributed by atoms with Gasteiger partial charge in [0.05, 0.1) is 11.8 Å². The molecule has 0 bridgehead atoms. The average Bonchev–Trinajstić information content (AvgIpc) is 3.56. The predicted octanol–water partition coefficient (Wildman–Crippen LogP) is 6.85. The summed E-state index contributed by atoms with van der Waals surface area (Å²) in [6, 6.07) is 31.7. The molecule has 2 heterocycles. The lowest BCUT2D eigenvalue weighted by molar-refractivity contribution is -0.132. The number of anilines is 1. The van der Waals surface area contributed by atoms with E-state index in [1.807, 2.05) is 60.7 Å². The first kappa shape index (κ1) is 22.4. The number of Topliss-reactive ketones (excluding diaryl/α,β-unsaturated/α-hetero) is 1. The lowest BCUT2D eigenvalue weighted by Gasteiger charge is -2.23. The van der Waals surface area contributed by atoms with E-state index in [1.165, 1.54) is 11.2 Å². The van der Waals surface area contributed by atoms with Gasteiger partial charge in [-0.25, -0.2) is 0 Å². The number of benzene rings is 4. The van der Waals surface area contributed by atoms with E-state index >= 15 is 0 Å². The SMILES string of the molecule is O=C1C(=O)N(c2ccc(Oc3ccccc3)cc2)C(c2ccco2)/C1=C(/O)c1cccc2ccccc12. The van der Waals surface area contributed by atoms with Crippen LogP contribution in [-0.2, 0) is 9.59 Å². The second-order valence-corrected chi connectivity index (χ2v) is 8.62. The number of hydrogen-bond acceptors (Lipinski definition) is 5. The average molecular weight is 488 g/mol. The van der Waals surface area contributed by atoms with Crippen molar-refractivity contribution in [3.63, 3.8) is 0 Å². The van der Waals surface area contributed by atoms with Crippen molar-refractivity contribution in [2.45, 2.75) is 6.04 Å². The molecule has 5 aromatic rings. The normalized spacial score (nSPS) is 16.9. The molecule has 1 aromatic heterocycles. The van der Waals surface area contributed by atoms with Gasteiger partial charge in [-0.15, -0.1) is 0 Å². The fraction of sp³-hybridized carbons (Fsp3) is 0.0323. The molecular formula is C31H21NO5. The van der Waals surface area contributed by atoms with Crippen LogP contribution in [0.15, 0.2) is 125 Å². The second-order valence-electron chi connectivity index (χ2n) is 8.62. The van der Waals surface area contributed by atoms with Crippen LogP contribution in [0.25, 0.3) is 16.5 Å². The largest absolute Gasteiger partial charge is 0.507 e. The van der Waals surface area contributed by atoms with Crippen molar-refractivity contribution in [3.05, 3.63) is 132 Å². The molecule has 0 spiro atoms. The van der Waals surface area contributed by atoms with Gasteiger partial charge in [-0.05, 0) is 59.3 Å². The maximum Gasteiger partial charge on any atom is 0.300 e. The summed E-state index contributed by atoms with van der Waals surface area (Å²) in [4.78, 5) is 28.1. The molecule has 0 aliphatic carbocycles. The number of hydrogen-bond donors (Lipinski definition) is 1. The molecule has 6 rings (SSSR count). The maximum absolute atomic E-state index is 13.4. The Morgan fingerprint density at radius 2 is 1.46 bits per heavy atom. The topological polar surface area (TPSA) is 80.0 Å². The zero-order valence-corrected chi connectivity index (χ0v) is 19.6. The first-order valence-corrected chi connectivity index (χ1v) is 11.8. The second kappa shape index (κ2) is 9.17. The van der Waals surface area contributed by atoms with Gasteiger partial charge in [0.15, 0.2) is 0 Å². The zero-order chi connectivity index (χ0) is 25.4. The van der Waals surface area contributed by atoms with Gasteiger partial charge in [-0.2, -0.15) is 0 Å². The summed E-state index contributed by atoms with van der Waals surface area (Å²) >= 11 is 0. The number of ether oxygens (including phenoxy) is 1. The fourth-order valence-corrected chi connectivity index (χ4v) is 4.69. The molecule has 1 saturated heterocycles. The van der Waals surface area contributed by atoms with Gasteiger partial charge in [-0.3, -0.25) is 14.5 Å². The number of amides is 1. The van der Waals surface area contributed by atoms with Crippen LogP contribution >= 0.6 is 0 Å². The highest BCUT2D eigenvalue weighted by Crippen LogP contribution is 2.43. The third-order valence-electron chi connectivity index (χ3n) is 6.40. The van der Waals surface area contributed by atoms with E-state index in [0.717, 1.165) is 10.8 Å². The van der Waals surface area contributed by atoms with Gasteiger partial charge >= 0.3 is 0 Å². The van der Waals surface area contributed by atoms with E-state index in [4.69, 9.17) is 9.15 Å². The van der Waals surface area contributed by atoms with E-state index in [0.29, 0.717) is 28.5 Å². The van der Waals surface area contributed by atoms with E-state index in [-0.39, 0.29) is 11.3 Å². The molecule has 0 radical (unpaired) electrons. The summed E-state index contributed by atoms with van der Waals surface area (Å²) < 4.78 is 11.5. The molecule has 37 heavy (non-hydrogen) atoms. The van der Waals surface area contributed by atoms with E-state index < -0.39 is 17.7 Å². The van der Waals surface area contributed by atoms with Crippen LogP contribution < -0.4 is 9.64 Å². The Balaban J connectivity index is 1.45. The molecule has 1 unspecified atom stereocenters. The summed E-state index contributed by atoms with van der Waals surface area (Å²) in [6.45, 7) is 0. The number of aliphatic hydroxyl groups excluding tert-OH is 1. The van der Waals surface area contributed by atoms with Gasteiger partial charge < -0.3 is 14.3 Å². The highest BCUT2D eigenvalue weighted by Gasteiger charge is 2.48. The number of ketones is 1. The van der Waals surface area contributed by atoms with Gasteiger partial charge in [0, 0.05) is 11.3 Å². The lowest BCUT2D eigenvalue weighted by atomic mass is 9.96. The summed E-state index contributed by atoms with van der Waals surface area (Å²) in [5.41, 5.74) is 0.918. The first-order valence-electron chi connectivity index (χ1n) is 11.8. The number of para-hydroxylation sites is 1. The Hall–Kier alpha value is -5.10. The molecule has 1 aliphatic heterocycles. The quantitative estimate of drug-likeness (QED) is 0.167. The monoisotopic (exact) mass is 487 g/mol. The highest BCUT2D eigenvalue weighted by atomic mass is 16.5. The highest BCUT2D eigenvalue weighted by molar-refractivity contribution is 6.51. The van der Waals surface area contributed by atoms with Crippen LogP contribution in [0.2, 0.25) is 0 Å². The number of carbonyl (C=O) groups is 2. The summed E-state index contributed by atoms with van der Waals surface area (Å²) in [5, 5.41) is 13.1. The van der Waals surface area contributed by atoms with E-state index in [9.17, 15) is 14.7 Å². The number of rotatable bonds is 5. The Labute approximate surface area is 212 Å². The molecule has 1 amide bonds. The molecule has 0 saturated carbocycles. The van der Waals surface area contributed by atoms with Gasteiger partial charge in [-0.1, -0.05) is 60.7 Å². The molecule has 6 heteroatoms. The lowest BCUT2D eigenvalue weighted by Crippen LogP contribution is -2.29. The summed E-state index contributed by atoms with van der Waals surface area (Å²) in [7, 11) is 0. The Kier molecular flexibility index (Phi) is 5.54. The number of aliphatic hydroxyl groups is 1. The van der Waals surface area contributed by atoms with Crippen molar-refractivity contribution in [1.29, 1.82) is 0 Å². The van der Waals surface area contributed by atoms with Crippen molar-refractivity contribution in [1.82, 2.24) is 0 Å². The number of carbonyl (C=O) groups excluding carboxylic acids is 2. The molecule has 180 valence electrons. The van der Waals surface area contributed by atoms with Gasteiger partial charge in [0.2, 0.25) is 0 Å². The van der Waals surface area contributed by atoms with Crippen molar-refractivity contribution in [2.75, 3.05) is 4.90 Å². The minimum absolute atomic E-state index is 0.0269. The number of nitrogens with zero attached hydrogens (tertiary/aromatic N) is 1. The van der Waals surface area contributed by atoms with Crippen molar-refractivity contribution >= 4 is 33.9 Å². The van der Waals surface area contributed by atoms with Crippen molar-refractivity contribution in [2.24, 2.45) is 0 Å². The van der Waals surface area contributed by atoms with Gasteiger partial charge in [0.25, 0.3) is 11.7 Å². The van der Waals surface area contributed by atoms with E-state index in [1.54, 1.807) is 48.5 Å². The Bertz CT molecular complexity index is 1630. The molecule has 1 atom stereocenters. The van der Waals surface area contributed by atoms with Crippen molar-refractivity contribution in [3.8, 4) is 11.5 Å². The Morgan fingerprint density at radius 1 is 0.757 bits per heavy atom. The molecule has 4 aromatic carbocycles. The van der Waals surface area contributed by atoms with E-state index in [2.05, 4.69) is 0 Å². The van der Waals surface area contributed by atoms with Gasteiger partial charge in [0.1, 0.15) is 29.1 Å². The van der Waals surface area contributed by atoms with Crippen LogP contribution in [0.4, 0.5) is 5.69 Å². The minimum Gasteiger partial charge on any atom is -0.507 e. The summed E-state index contributed by atoms with van der Waals surface area (Å²) in [5.74, 6) is -0.150. The first-order chi connectivity index (χ1) is 18.1. The summed E-state index contributed by atoms with van der Waals surface area (Å²) in [6.07, 6.45) is 1.48. The van der Waals surface area contributed by atoms with Crippen LogP contribution in [0.3, 0.4) is 0 Å². The predicted molar refractivity (Wildman–Crippen MR) is 140 cm³/mol. The van der Waals surface area contributed by atoms with Crippen LogP contribution in [0, 0.1) is 0 Å². The van der Waals surface area contributed by atoms with Crippen LogP contribution in [-0.4, -0.2) is 16.8 Å². The molecule has 6 nitrogen and oxygen atoms in total. The minimum atomic E-state index is -0.935. The molecule has 1 N–H and O–H groups in total. The maximum atomic E-state index is 13.4. The van der Waals surface area contributed by atoms with Crippen LogP contribution in [0.5, 0.6) is 11.5 Å². The third-order valence-corrected chi connectivity index (χ3v) is 6.40. The standard InChI is InChI=1S/C31H21NO5/c33-29(25-13-6-9-20-8-4-5-12-24(20)25)27-28(26-14-7-19-36-26)32(31(35)30(27)34)21-15-17-23(18-16-21)37-22-10-2-1-3-11-22/h1-19,28,33H/b29-27-. The Morgan fingerprint density at radius 3 is 2.22 bits per heavy atom. The van der Waals surface area contributed by atoms with Crippen molar-refractivity contribution < 1.29 is 23.8 Å². The molecule has 1 fully saturated rings.